The van der Waals surface area contributed by atoms with Gasteiger partial charge >= 0.3 is 0 Å². The Hall–Kier alpha value is -1.53. The predicted octanol–water partition coefficient (Wildman–Crippen LogP) is 3.41. The van der Waals surface area contributed by atoms with Crippen LogP contribution in [0.4, 0.5) is 15.8 Å². The average molecular weight is 347 g/mol. The van der Waals surface area contributed by atoms with Crippen LogP contribution >= 0.6 is 27.5 Å². The fourth-order valence-electron chi connectivity index (χ4n) is 1.66. The summed E-state index contributed by atoms with van der Waals surface area (Å²) in [5.74, 6) is -0.869. The molecule has 1 heterocycles. The molecule has 0 bridgehead atoms. The predicted molar refractivity (Wildman–Crippen MR) is 76.9 cm³/mol. The molecule has 0 unspecified atom stereocenters. The maximum Gasteiger partial charge on any atom is 0.272 e. The van der Waals surface area contributed by atoms with Crippen LogP contribution in [-0.4, -0.2) is 10.5 Å². The number of nitrogens with two attached hydrogens (primary N) is 1. The third-order valence-electron chi connectivity index (χ3n) is 2.50. The van der Waals surface area contributed by atoms with E-state index in [1.807, 2.05) is 0 Å². The Kier molecular flexibility index (Phi) is 3.82. The third kappa shape index (κ3) is 2.90. The molecule has 0 spiro atoms. The van der Waals surface area contributed by atoms with Gasteiger partial charge < -0.3 is 15.6 Å². The molecule has 0 saturated carbocycles. The first-order valence-corrected chi connectivity index (χ1v) is 6.43. The zero-order valence-electron chi connectivity index (χ0n) is 9.88. The number of rotatable bonds is 2. The molecule has 0 radical (unpaired) electrons. The number of carbonyl (C=O) groups is 1. The summed E-state index contributed by atoms with van der Waals surface area (Å²) in [5, 5.41) is 2.73. The molecule has 19 heavy (non-hydrogen) atoms. The number of hydrogen-bond acceptors (Lipinski definition) is 2. The molecule has 0 fully saturated rings. The fraction of sp³-hybridized carbons (Fsp3) is 0.0833. The molecule has 1 amide bonds. The van der Waals surface area contributed by atoms with E-state index in [0.717, 1.165) is 6.07 Å². The summed E-state index contributed by atoms with van der Waals surface area (Å²) in [5.41, 5.74) is 6.78. The molecule has 1 aromatic carbocycles. The van der Waals surface area contributed by atoms with Gasteiger partial charge in [0.15, 0.2) is 0 Å². The van der Waals surface area contributed by atoms with Crippen LogP contribution in [0.5, 0.6) is 0 Å². The van der Waals surface area contributed by atoms with Gasteiger partial charge in [-0.2, -0.15) is 0 Å². The van der Waals surface area contributed by atoms with Gasteiger partial charge in [-0.05, 0) is 34.1 Å². The van der Waals surface area contributed by atoms with Crippen molar-refractivity contribution in [1.29, 1.82) is 0 Å². The highest BCUT2D eigenvalue weighted by molar-refractivity contribution is 9.10. The number of carbonyl (C=O) groups excluding carboxylic acids is 1. The Bertz CT molecular complexity index is 633. The van der Waals surface area contributed by atoms with E-state index in [9.17, 15) is 9.18 Å². The van der Waals surface area contributed by atoms with Crippen LogP contribution in [-0.2, 0) is 7.05 Å². The van der Waals surface area contributed by atoms with E-state index in [1.54, 1.807) is 23.9 Å². The maximum atomic E-state index is 13.1. The minimum atomic E-state index is -0.488. The highest BCUT2D eigenvalue weighted by Gasteiger charge is 2.15. The molecule has 100 valence electrons. The highest BCUT2D eigenvalue weighted by Crippen LogP contribution is 2.32. The number of nitrogen functional groups attached to an aromatic ring is 1. The number of nitrogens with one attached hydrogen (secondary N) is 1. The Morgan fingerprint density at radius 3 is 2.68 bits per heavy atom. The van der Waals surface area contributed by atoms with Crippen molar-refractivity contribution < 1.29 is 9.18 Å². The summed E-state index contributed by atoms with van der Waals surface area (Å²) in [6.45, 7) is 0. The van der Waals surface area contributed by atoms with Crippen LogP contribution in [0.2, 0.25) is 5.02 Å². The van der Waals surface area contributed by atoms with Gasteiger partial charge in [0.25, 0.3) is 5.91 Å². The third-order valence-corrected chi connectivity index (χ3v) is 3.43. The molecule has 3 N–H and O–H groups in total. The summed E-state index contributed by atoms with van der Waals surface area (Å²) in [7, 11) is 1.70. The van der Waals surface area contributed by atoms with Crippen molar-refractivity contribution in [2.45, 2.75) is 0 Å². The lowest BCUT2D eigenvalue weighted by Crippen LogP contribution is -2.16. The number of anilines is 2. The van der Waals surface area contributed by atoms with E-state index < -0.39 is 5.82 Å². The quantitative estimate of drug-likeness (QED) is 0.875. The number of hydrogen-bond donors (Lipinski definition) is 2. The van der Waals surface area contributed by atoms with Crippen LogP contribution in [0, 0.1) is 5.82 Å². The zero-order valence-corrected chi connectivity index (χ0v) is 12.2. The van der Waals surface area contributed by atoms with Gasteiger partial charge in [-0.1, -0.05) is 11.6 Å². The van der Waals surface area contributed by atoms with Gasteiger partial charge in [0, 0.05) is 17.7 Å². The molecule has 0 atom stereocenters. The van der Waals surface area contributed by atoms with E-state index in [0.29, 0.717) is 21.5 Å². The van der Waals surface area contributed by atoms with Crippen molar-refractivity contribution in [3.8, 4) is 0 Å². The molecule has 4 nitrogen and oxygen atoms in total. The van der Waals surface area contributed by atoms with Crippen molar-refractivity contribution >= 4 is 44.8 Å². The van der Waals surface area contributed by atoms with Crippen LogP contribution in [0.1, 0.15) is 10.5 Å². The second kappa shape index (κ2) is 5.22. The molecule has 7 heteroatoms. The molecule has 2 rings (SSSR count). The van der Waals surface area contributed by atoms with E-state index in [1.165, 1.54) is 6.07 Å². The second-order valence-corrected chi connectivity index (χ2v) is 5.23. The number of aryl methyl sites for hydroxylation is 1. The van der Waals surface area contributed by atoms with Gasteiger partial charge in [0.05, 0.1) is 16.4 Å². The standard InChI is InChI=1S/C12H10BrClFN3O/c1-18-5-7(16)4-10(18)12(19)17-11-8(13)2-6(15)3-9(11)14/h2-5H,16H2,1H3,(H,17,19). The van der Waals surface area contributed by atoms with Gasteiger partial charge in [-0.15, -0.1) is 0 Å². The summed E-state index contributed by atoms with van der Waals surface area (Å²) in [6, 6.07) is 3.89. The van der Waals surface area contributed by atoms with Crippen LogP contribution in [0.15, 0.2) is 28.9 Å². The molecule has 2 aromatic rings. The van der Waals surface area contributed by atoms with E-state index in [4.69, 9.17) is 17.3 Å². The van der Waals surface area contributed by atoms with Crippen molar-refractivity contribution in [3.05, 3.63) is 45.4 Å². The van der Waals surface area contributed by atoms with E-state index >= 15 is 0 Å². The molecule has 0 saturated heterocycles. The normalized spacial score (nSPS) is 10.5. The van der Waals surface area contributed by atoms with E-state index in [-0.39, 0.29) is 10.9 Å². The van der Waals surface area contributed by atoms with E-state index in [2.05, 4.69) is 21.2 Å². The second-order valence-electron chi connectivity index (χ2n) is 3.97. The molecular weight excluding hydrogens is 337 g/mol. The zero-order chi connectivity index (χ0) is 14.2. The average Bonchev–Trinajstić information content (AvgIpc) is 2.62. The minimum absolute atomic E-state index is 0.113. The lowest BCUT2D eigenvalue weighted by Gasteiger charge is -2.10. The number of benzene rings is 1. The Morgan fingerprint density at radius 2 is 2.16 bits per heavy atom. The molecule has 0 aliphatic rings. The van der Waals surface area contributed by atoms with Gasteiger partial charge in [-0.25, -0.2) is 4.39 Å². The lowest BCUT2D eigenvalue weighted by atomic mass is 10.3. The first kappa shape index (κ1) is 13.9. The summed E-state index contributed by atoms with van der Waals surface area (Å²) in [4.78, 5) is 12.1. The van der Waals surface area contributed by atoms with Crippen molar-refractivity contribution in [2.24, 2.45) is 7.05 Å². The SMILES string of the molecule is Cn1cc(N)cc1C(=O)Nc1c(Cl)cc(F)cc1Br. The maximum absolute atomic E-state index is 13.1. The van der Waals surface area contributed by atoms with Crippen molar-refractivity contribution in [1.82, 2.24) is 4.57 Å². The minimum Gasteiger partial charge on any atom is -0.397 e. The highest BCUT2D eigenvalue weighted by atomic mass is 79.9. The summed E-state index contributed by atoms with van der Waals surface area (Å²) in [6.07, 6.45) is 1.62. The first-order valence-electron chi connectivity index (χ1n) is 5.26. The Balaban J connectivity index is 2.32. The summed E-state index contributed by atoms with van der Waals surface area (Å²) >= 11 is 9.05. The lowest BCUT2D eigenvalue weighted by molar-refractivity contribution is 0.101. The van der Waals surface area contributed by atoms with Crippen LogP contribution in [0.25, 0.3) is 0 Å². The first-order chi connectivity index (χ1) is 8.88. The smallest absolute Gasteiger partial charge is 0.272 e. The van der Waals surface area contributed by atoms with Crippen LogP contribution < -0.4 is 11.1 Å². The Morgan fingerprint density at radius 1 is 1.47 bits per heavy atom. The number of nitrogens with zero attached hydrogens (tertiary/aromatic N) is 1. The van der Waals surface area contributed by atoms with Gasteiger partial charge in [-0.3, -0.25) is 4.79 Å². The van der Waals surface area contributed by atoms with Crippen molar-refractivity contribution in [3.63, 3.8) is 0 Å². The van der Waals surface area contributed by atoms with Gasteiger partial charge in [0.1, 0.15) is 11.5 Å². The number of aromatic nitrogens is 1. The largest absolute Gasteiger partial charge is 0.397 e. The fourth-order valence-corrected chi connectivity index (χ4v) is 2.55. The molecule has 0 aliphatic carbocycles. The Labute approximate surface area is 122 Å². The molecule has 0 aliphatic heterocycles. The molecule has 1 aromatic heterocycles. The number of amides is 1. The monoisotopic (exact) mass is 345 g/mol. The van der Waals surface area contributed by atoms with Crippen molar-refractivity contribution in [2.75, 3.05) is 11.1 Å². The van der Waals surface area contributed by atoms with Gasteiger partial charge in [0.2, 0.25) is 0 Å². The molecular formula is C12H10BrClFN3O. The summed E-state index contributed by atoms with van der Waals surface area (Å²) < 4.78 is 15.1. The number of halogens is 3. The van der Waals surface area contributed by atoms with Crippen LogP contribution in [0.3, 0.4) is 0 Å². The topological polar surface area (TPSA) is 60.0 Å².